The summed E-state index contributed by atoms with van der Waals surface area (Å²) in [6.45, 7) is 7.37. The van der Waals surface area contributed by atoms with E-state index >= 15 is 0 Å². The average molecular weight is 496 g/mol. The number of aryl methyl sites for hydroxylation is 1. The van der Waals surface area contributed by atoms with Crippen LogP contribution in [0.25, 0.3) is 0 Å². The van der Waals surface area contributed by atoms with Gasteiger partial charge in [-0.3, -0.25) is 19.3 Å². The zero-order chi connectivity index (χ0) is 25.6. The van der Waals surface area contributed by atoms with Crippen LogP contribution in [0, 0.1) is 12.7 Å². The highest BCUT2D eigenvalue weighted by atomic mass is 32.1. The van der Waals surface area contributed by atoms with Crippen LogP contribution in [0.5, 0.6) is 0 Å². The lowest BCUT2D eigenvalue weighted by Gasteiger charge is -2.34. The first-order chi connectivity index (χ1) is 16.6. The second-order valence-corrected chi connectivity index (χ2v) is 9.89. The van der Waals surface area contributed by atoms with Gasteiger partial charge in [0.1, 0.15) is 11.9 Å². The zero-order valence-corrected chi connectivity index (χ0v) is 21.1. The third kappa shape index (κ3) is 6.76. The Morgan fingerprint density at radius 1 is 1.03 bits per heavy atom. The van der Waals surface area contributed by atoms with Crippen molar-refractivity contribution in [1.29, 1.82) is 0 Å². The van der Waals surface area contributed by atoms with Gasteiger partial charge in [0.15, 0.2) is 0 Å². The molecular formula is C27H30FN3O3S. The second kappa shape index (κ2) is 11.3. The third-order valence-corrected chi connectivity index (χ3v) is 6.63. The Labute approximate surface area is 209 Å². The molecule has 2 N–H and O–H groups in total. The number of carbonyl (C=O) groups excluding carboxylic acids is 3. The van der Waals surface area contributed by atoms with E-state index < -0.39 is 23.3 Å². The van der Waals surface area contributed by atoms with Crippen molar-refractivity contribution in [3.63, 3.8) is 0 Å². The molecule has 3 rings (SSSR count). The van der Waals surface area contributed by atoms with Crippen LogP contribution in [0.15, 0.2) is 66.0 Å². The highest BCUT2D eigenvalue weighted by Gasteiger charge is 2.35. The Kier molecular flexibility index (Phi) is 8.40. The quantitative estimate of drug-likeness (QED) is 0.438. The number of halogens is 1. The summed E-state index contributed by atoms with van der Waals surface area (Å²) in [5, 5.41) is 7.44. The van der Waals surface area contributed by atoms with Crippen molar-refractivity contribution >= 4 is 34.7 Å². The largest absolute Gasteiger partial charge is 0.349 e. The van der Waals surface area contributed by atoms with Gasteiger partial charge in [0.05, 0.1) is 11.4 Å². The third-order valence-electron chi connectivity index (χ3n) is 5.76. The van der Waals surface area contributed by atoms with E-state index in [0.29, 0.717) is 22.5 Å². The summed E-state index contributed by atoms with van der Waals surface area (Å²) in [4.78, 5) is 41.5. The summed E-state index contributed by atoms with van der Waals surface area (Å²) in [6.07, 6.45) is 0.681. The smallest absolute Gasteiger partial charge is 0.261 e. The maximum Gasteiger partial charge on any atom is 0.261 e. The van der Waals surface area contributed by atoms with Crippen LogP contribution >= 0.6 is 11.3 Å². The summed E-state index contributed by atoms with van der Waals surface area (Å²) in [7, 11) is 0. The standard InChI is InChI=1S/C27H30FN3O3S/c1-5-27(3,4)30-26(34)24(19-10-8-18(2)9-11-19)31(21-14-12-20(28)13-15-21)23(32)17-29-25(33)22-7-6-16-35-22/h6-16,24H,5,17H2,1-4H3,(H,29,33)(H,30,34)/t24-/m0/s1. The topological polar surface area (TPSA) is 78.5 Å². The van der Waals surface area contributed by atoms with Gasteiger partial charge in [0.25, 0.3) is 5.91 Å². The number of nitrogens with one attached hydrogen (secondary N) is 2. The van der Waals surface area contributed by atoms with Gasteiger partial charge in [-0.05, 0) is 68.5 Å². The lowest BCUT2D eigenvalue weighted by atomic mass is 9.97. The average Bonchev–Trinajstić information content (AvgIpc) is 3.37. The van der Waals surface area contributed by atoms with E-state index in [1.807, 2.05) is 39.8 Å². The minimum atomic E-state index is -1.03. The first-order valence-corrected chi connectivity index (χ1v) is 12.3. The van der Waals surface area contributed by atoms with Crippen molar-refractivity contribution in [1.82, 2.24) is 10.6 Å². The van der Waals surface area contributed by atoms with E-state index in [0.717, 1.165) is 5.56 Å². The molecule has 0 unspecified atom stereocenters. The zero-order valence-electron chi connectivity index (χ0n) is 20.3. The Hall–Kier alpha value is -3.52. The number of amides is 3. The van der Waals surface area contributed by atoms with E-state index in [2.05, 4.69) is 10.6 Å². The van der Waals surface area contributed by atoms with Gasteiger partial charge < -0.3 is 10.6 Å². The molecule has 0 bridgehead atoms. The predicted octanol–water partition coefficient (Wildman–Crippen LogP) is 5.00. The van der Waals surface area contributed by atoms with Crippen molar-refractivity contribution in [3.05, 3.63) is 87.9 Å². The fourth-order valence-electron chi connectivity index (χ4n) is 3.43. The molecule has 0 saturated carbocycles. The van der Waals surface area contributed by atoms with Gasteiger partial charge in [-0.25, -0.2) is 4.39 Å². The van der Waals surface area contributed by atoms with Crippen LogP contribution < -0.4 is 15.5 Å². The number of hydrogen-bond donors (Lipinski definition) is 2. The van der Waals surface area contributed by atoms with Gasteiger partial charge in [-0.2, -0.15) is 0 Å². The van der Waals surface area contributed by atoms with Gasteiger partial charge in [-0.15, -0.1) is 11.3 Å². The summed E-state index contributed by atoms with van der Waals surface area (Å²) in [6, 6.07) is 15.1. The molecule has 184 valence electrons. The molecule has 0 aliphatic heterocycles. The number of carbonyl (C=O) groups is 3. The van der Waals surface area contributed by atoms with E-state index in [-0.39, 0.29) is 18.4 Å². The van der Waals surface area contributed by atoms with Crippen molar-refractivity contribution in [2.75, 3.05) is 11.4 Å². The molecule has 1 atom stereocenters. The molecule has 0 fully saturated rings. The maximum absolute atomic E-state index is 13.7. The van der Waals surface area contributed by atoms with Gasteiger partial charge in [0.2, 0.25) is 11.8 Å². The normalized spacial score (nSPS) is 12.0. The first kappa shape index (κ1) is 26.1. The number of hydrogen-bond acceptors (Lipinski definition) is 4. The van der Waals surface area contributed by atoms with Crippen LogP contribution in [-0.4, -0.2) is 29.8 Å². The van der Waals surface area contributed by atoms with Crippen LogP contribution in [0.3, 0.4) is 0 Å². The van der Waals surface area contributed by atoms with Crippen molar-refractivity contribution in [2.24, 2.45) is 0 Å². The molecule has 0 radical (unpaired) electrons. The van der Waals surface area contributed by atoms with Crippen molar-refractivity contribution in [2.45, 2.75) is 45.7 Å². The van der Waals surface area contributed by atoms with Crippen LogP contribution in [0.4, 0.5) is 10.1 Å². The second-order valence-electron chi connectivity index (χ2n) is 8.94. The fraction of sp³-hybridized carbons (Fsp3) is 0.296. The molecule has 1 aromatic heterocycles. The fourth-order valence-corrected chi connectivity index (χ4v) is 4.07. The van der Waals surface area contributed by atoms with Gasteiger partial charge >= 0.3 is 0 Å². The number of anilines is 1. The molecule has 8 heteroatoms. The lowest BCUT2D eigenvalue weighted by molar-refractivity contribution is -0.127. The monoisotopic (exact) mass is 495 g/mol. The summed E-state index contributed by atoms with van der Waals surface area (Å²) in [5.41, 5.74) is 1.44. The van der Waals surface area contributed by atoms with E-state index in [9.17, 15) is 18.8 Å². The molecule has 0 saturated heterocycles. The van der Waals surface area contributed by atoms with Crippen LogP contribution in [-0.2, 0) is 9.59 Å². The van der Waals surface area contributed by atoms with Crippen molar-refractivity contribution < 1.29 is 18.8 Å². The highest BCUT2D eigenvalue weighted by Crippen LogP contribution is 2.29. The minimum absolute atomic E-state index is 0.332. The van der Waals surface area contributed by atoms with Gasteiger partial charge in [-0.1, -0.05) is 42.8 Å². The number of nitrogens with zero attached hydrogens (tertiary/aromatic N) is 1. The first-order valence-electron chi connectivity index (χ1n) is 11.4. The molecule has 3 amide bonds. The summed E-state index contributed by atoms with van der Waals surface area (Å²) >= 11 is 1.26. The molecule has 2 aromatic carbocycles. The van der Waals surface area contributed by atoms with Crippen molar-refractivity contribution in [3.8, 4) is 0 Å². The minimum Gasteiger partial charge on any atom is -0.349 e. The highest BCUT2D eigenvalue weighted by molar-refractivity contribution is 7.12. The maximum atomic E-state index is 13.7. The number of benzene rings is 2. The molecule has 0 spiro atoms. The molecule has 3 aromatic rings. The van der Waals surface area contributed by atoms with Gasteiger partial charge in [0, 0.05) is 11.2 Å². The Balaban J connectivity index is 2.01. The summed E-state index contributed by atoms with van der Waals surface area (Å²) in [5.74, 6) is -1.72. The lowest BCUT2D eigenvalue weighted by Crippen LogP contribution is -2.52. The predicted molar refractivity (Wildman–Crippen MR) is 137 cm³/mol. The molecular weight excluding hydrogens is 465 g/mol. The van der Waals surface area contributed by atoms with E-state index in [1.165, 1.54) is 40.5 Å². The molecule has 0 aliphatic rings. The Morgan fingerprint density at radius 2 is 1.69 bits per heavy atom. The number of thiophene rings is 1. The molecule has 1 heterocycles. The molecule has 35 heavy (non-hydrogen) atoms. The van der Waals surface area contributed by atoms with E-state index in [4.69, 9.17) is 0 Å². The van der Waals surface area contributed by atoms with Crippen LogP contribution in [0.1, 0.15) is 54.0 Å². The number of rotatable bonds is 9. The SMILES string of the molecule is CCC(C)(C)NC(=O)[C@H](c1ccc(C)cc1)N(C(=O)CNC(=O)c1cccs1)c1ccc(F)cc1. The molecule has 0 aliphatic carbocycles. The van der Waals surface area contributed by atoms with Crippen LogP contribution in [0.2, 0.25) is 0 Å². The Morgan fingerprint density at radius 3 is 2.26 bits per heavy atom. The Bertz CT molecular complexity index is 1160. The molecule has 6 nitrogen and oxygen atoms in total. The van der Waals surface area contributed by atoms with E-state index in [1.54, 1.807) is 29.6 Å². The summed E-state index contributed by atoms with van der Waals surface area (Å²) < 4.78 is 13.7.